The lowest BCUT2D eigenvalue weighted by Crippen LogP contribution is -2.24. The summed E-state index contributed by atoms with van der Waals surface area (Å²) >= 11 is 0. The van der Waals surface area contributed by atoms with Gasteiger partial charge in [0.25, 0.3) is 0 Å². The van der Waals surface area contributed by atoms with E-state index in [4.69, 9.17) is 9.72 Å². The first kappa shape index (κ1) is 19.7. The fourth-order valence-corrected chi connectivity index (χ4v) is 3.43. The van der Waals surface area contributed by atoms with Gasteiger partial charge in [0.15, 0.2) is 0 Å². The van der Waals surface area contributed by atoms with Gasteiger partial charge in [-0.15, -0.1) is 0 Å². The molecular weight excluding hydrogens is 342 g/mol. The normalized spacial score (nSPS) is 15.7. The van der Waals surface area contributed by atoms with Crippen molar-refractivity contribution in [3.05, 3.63) is 17.7 Å². The molecule has 2 aromatic rings. The summed E-state index contributed by atoms with van der Waals surface area (Å²) in [5, 5.41) is 13.5. The summed E-state index contributed by atoms with van der Waals surface area (Å²) in [6.45, 7) is 9.63. The third-order valence-corrected chi connectivity index (χ3v) is 5.07. The summed E-state index contributed by atoms with van der Waals surface area (Å²) in [7, 11) is 1.60. The minimum Gasteiger partial charge on any atom is -0.494 e. The number of nitrogens with zero attached hydrogens (tertiary/aromatic N) is 2. The van der Waals surface area contributed by atoms with Crippen LogP contribution in [-0.4, -0.2) is 27.7 Å². The number of nitrogens with one attached hydrogen (secondary N) is 1. The van der Waals surface area contributed by atoms with E-state index in [2.05, 4.69) is 9.88 Å². The smallest absolute Gasteiger partial charge is 0.227 e. The Morgan fingerprint density at radius 3 is 2.44 bits per heavy atom. The maximum absolute atomic E-state index is 12.5. The molecule has 0 spiro atoms. The highest BCUT2D eigenvalue weighted by Crippen LogP contribution is 2.41. The number of amides is 1. The monoisotopic (exact) mass is 373 g/mol. The van der Waals surface area contributed by atoms with E-state index in [0.717, 1.165) is 23.9 Å². The topological polar surface area (TPSA) is 76.4 Å². The summed E-state index contributed by atoms with van der Waals surface area (Å²) in [6, 6.07) is 4.09. The molecule has 6 heteroatoms. The Labute approximate surface area is 160 Å². The van der Waals surface area contributed by atoms with Gasteiger partial charge in [0.05, 0.1) is 18.2 Å². The van der Waals surface area contributed by atoms with Crippen molar-refractivity contribution in [3.63, 3.8) is 0 Å². The molecule has 0 aliphatic heterocycles. The van der Waals surface area contributed by atoms with Gasteiger partial charge >= 0.3 is 0 Å². The standard InChI is InChI=1S/C21H31N3O3/c1-20(2,3)12-17(25)22-19-23-18-15(24(19)14-8-7-9-14)10-13(21(4,5)26)11-16(18)27-6/h10-11,14,26H,7-9,12H2,1-6H3,(H,22,23,25). The number of imidazole rings is 1. The van der Waals surface area contributed by atoms with Gasteiger partial charge < -0.3 is 14.4 Å². The van der Waals surface area contributed by atoms with Crippen molar-refractivity contribution in [1.82, 2.24) is 9.55 Å². The van der Waals surface area contributed by atoms with Crippen LogP contribution in [-0.2, 0) is 10.4 Å². The van der Waals surface area contributed by atoms with Crippen LogP contribution in [0.25, 0.3) is 11.0 Å². The molecule has 0 bridgehead atoms. The zero-order valence-electron chi connectivity index (χ0n) is 17.2. The number of anilines is 1. The van der Waals surface area contributed by atoms with Crippen LogP contribution < -0.4 is 10.1 Å². The summed E-state index contributed by atoms with van der Waals surface area (Å²) in [4.78, 5) is 17.2. The molecule has 1 saturated carbocycles. The molecule has 2 N–H and O–H groups in total. The Morgan fingerprint density at radius 1 is 1.30 bits per heavy atom. The van der Waals surface area contributed by atoms with Crippen LogP contribution in [0.5, 0.6) is 5.75 Å². The number of fused-ring (bicyclic) bond motifs is 1. The summed E-state index contributed by atoms with van der Waals surface area (Å²) in [6.07, 6.45) is 3.71. The Morgan fingerprint density at radius 2 is 1.96 bits per heavy atom. The van der Waals surface area contributed by atoms with Crippen LogP contribution in [0.4, 0.5) is 5.95 Å². The van der Waals surface area contributed by atoms with Gasteiger partial charge in [0.1, 0.15) is 11.3 Å². The third-order valence-electron chi connectivity index (χ3n) is 5.07. The van der Waals surface area contributed by atoms with Crippen molar-refractivity contribution in [1.29, 1.82) is 0 Å². The van der Waals surface area contributed by atoms with E-state index < -0.39 is 5.60 Å². The molecule has 6 nitrogen and oxygen atoms in total. The Bertz CT molecular complexity index is 852. The van der Waals surface area contributed by atoms with E-state index >= 15 is 0 Å². The molecule has 1 fully saturated rings. The van der Waals surface area contributed by atoms with Crippen LogP contribution in [0, 0.1) is 5.41 Å². The van der Waals surface area contributed by atoms with Crippen molar-refractivity contribution in [2.45, 2.75) is 71.9 Å². The van der Waals surface area contributed by atoms with Crippen LogP contribution >= 0.6 is 0 Å². The average Bonchev–Trinajstić information content (AvgIpc) is 2.80. The molecule has 1 heterocycles. The van der Waals surface area contributed by atoms with Gasteiger partial charge in [-0.25, -0.2) is 4.98 Å². The largest absolute Gasteiger partial charge is 0.494 e. The van der Waals surface area contributed by atoms with Gasteiger partial charge in [-0.05, 0) is 56.2 Å². The molecule has 148 valence electrons. The second-order valence-corrected chi connectivity index (χ2v) is 9.28. The number of benzene rings is 1. The Kier molecular flexibility index (Phi) is 4.97. The van der Waals surface area contributed by atoms with Gasteiger partial charge in [-0.2, -0.15) is 0 Å². The van der Waals surface area contributed by atoms with Gasteiger partial charge in [-0.3, -0.25) is 10.1 Å². The number of carbonyl (C=O) groups is 1. The summed E-state index contributed by atoms with van der Waals surface area (Å²) in [5.74, 6) is 1.13. The van der Waals surface area contributed by atoms with Crippen LogP contribution in [0.2, 0.25) is 0 Å². The highest BCUT2D eigenvalue weighted by Gasteiger charge is 2.29. The minimum atomic E-state index is -0.994. The molecule has 1 aliphatic carbocycles. The quantitative estimate of drug-likeness (QED) is 0.816. The predicted octanol–water partition coefficient (Wildman–Crippen LogP) is 4.37. The number of carbonyl (C=O) groups excluding carboxylic acids is 1. The van der Waals surface area contributed by atoms with Crippen molar-refractivity contribution in [2.75, 3.05) is 12.4 Å². The van der Waals surface area contributed by atoms with E-state index in [0.29, 0.717) is 29.7 Å². The van der Waals surface area contributed by atoms with E-state index in [9.17, 15) is 9.90 Å². The van der Waals surface area contributed by atoms with E-state index in [1.165, 1.54) is 6.42 Å². The molecule has 0 saturated heterocycles. The van der Waals surface area contributed by atoms with Crippen molar-refractivity contribution >= 4 is 22.9 Å². The predicted molar refractivity (Wildman–Crippen MR) is 107 cm³/mol. The van der Waals surface area contributed by atoms with Crippen LogP contribution in [0.3, 0.4) is 0 Å². The zero-order valence-corrected chi connectivity index (χ0v) is 17.2. The van der Waals surface area contributed by atoms with Gasteiger partial charge in [0.2, 0.25) is 11.9 Å². The van der Waals surface area contributed by atoms with E-state index in [1.807, 2.05) is 32.9 Å². The average molecular weight is 373 g/mol. The lowest BCUT2D eigenvalue weighted by Gasteiger charge is -2.29. The second kappa shape index (κ2) is 6.82. The summed E-state index contributed by atoms with van der Waals surface area (Å²) in [5.41, 5.74) is 1.28. The molecular formula is C21H31N3O3. The zero-order chi connectivity index (χ0) is 20.0. The first-order valence-electron chi connectivity index (χ1n) is 9.62. The summed E-state index contributed by atoms with van der Waals surface area (Å²) < 4.78 is 7.66. The number of aromatic nitrogens is 2. The number of hydrogen-bond acceptors (Lipinski definition) is 4. The molecule has 1 aromatic heterocycles. The number of methoxy groups -OCH3 is 1. The first-order chi connectivity index (χ1) is 12.5. The number of rotatable bonds is 5. The lowest BCUT2D eigenvalue weighted by molar-refractivity contribution is -0.117. The molecule has 0 atom stereocenters. The van der Waals surface area contributed by atoms with Crippen molar-refractivity contribution < 1.29 is 14.6 Å². The molecule has 1 aliphatic rings. The maximum atomic E-state index is 12.5. The fourth-order valence-electron chi connectivity index (χ4n) is 3.43. The van der Waals surface area contributed by atoms with E-state index in [1.54, 1.807) is 21.0 Å². The fraction of sp³-hybridized carbons (Fsp3) is 0.619. The molecule has 1 aromatic carbocycles. The Balaban J connectivity index is 2.12. The third kappa shape index (κ3) is 4.10. The number of ether oxygens (including phenoxy) is 1. The van der Waals surface area contributed by atoms with Gasteiger partial charge in [-0.1, -0.05) is 20.8 Å². The molecule has 3 rings (SSSR count). The van der Waals surface area contributed by atoms with Crippen LogP contribution in [0.1, 0.15) is 71.9 Å². The van der Waals surface area contributed by atoms with Gasteiger partial charge in [0, 0.05) is 12.5 Å². The van der Waals surface area contributed by atoms with E-state index in [-0.39, 0.29) is 11.3 Å². The molecule has 27 heavy (non-hydrogen) atoms. The minimum absolute atomic E-state index is 0.0416. The second-order valence-electron chi connectivity index (χ2n) is 9.28. The maximum Gasteiger partial charge on any atom is 0.227 e. The lowest BCUT2D eigenvalue weighted by atomic mass is 9.91. The highest BCUT2D eigenvalue weighted by molar-refractivity contribution is 5.93. The van der Waals surface area contributed by atoms with Crippen molar-refractivity contribution in [2.24, 2.45) is 5.41 Å². The first-order valence-corrected chi connectivity index (χ1v) is 9.62. The van der Waals surface area contributed by atoms with Crippen molar-refractivity contribution in [3.8, 4) is 5.75 Å². The number of aliphatic hydroxyl groups is 1. The molecule has 0 unspecified atom stereocenters. The van der Waals surface area contributed by atoms with Crippen LogP contribution in [0.15, 0.2) is 12.1 Å². The molecule has 0 radical (unpaired) electrons. The Hall–Kier alpha value is -2.08. The highest BCUT2D eigenvalue weighted by atomic mass is 16.5. The molecule has 1 amide bonds. The number of hydrogen-bond donors (Lipinski definition) is 2. The SMILES string of the molecule is COc1cc(C(C)(C)O)cc2c1nc(NC(=O)CC(C)(C)C)n2C1CCC1.